The van der Waals surface area contributed by atoms with Crippen LogP contribution in [0.4, 0.5) is 0 Å². The van der Waals surface area contributed by atoms with Gasteiger partial charge in [0, 0.05) is 0 Å². The van der Waals surface area contributed by atoms with Gasteiger partial charge in [0.2, 0.25) is 0 Å². The first-order chi connectivity index (χ1) is 10.2. The van der Waals surface area contributed by atoms with Gasteiger partial charge < -0.3 is 5.11 Å². The Morgan fingerprint density at radius 3 is 2.27 bits per heavy atom. The second kappa shape index (κ2) is 7.18. The fourth-order valence-electron chi connectivity index (χ4n) is 1.51. The van der Waals surface area contributed by atoms with Crippen molar-refractivity contribution in [1.82, 2.24) is 0 Å². The summed E-state index contributed by atoms with van der Waals surface area (Å²) in [6.45, 7) is 1.73. The average molecular weight is 352 g/mol. The van der Waals surface area contributed by atoms with Crippen LogP contribution in [0.5, 0.6) is 0 Å². The highest BCUT2D eigenvalue weighted by Gasteiger charge is 2.28. The molecule has 1 rings (SSSR count). The molecule has 0 heterocycles. The highest BCUT2D eigenvalue weighted by molar-refractivity contribution is 7.90. The van der Waals surface area contributed by atoms with Crippen LogP contribution in [0, 0.1) is 0 Å². The number of carboxylic acid groups (broad SMARTS) is 1. The largest absolute Gasteiger partial charge is 0.478 e. The van der Waals surface area contributed by atoms with Gasteiger partial charge in [-0.05, 0) is 24.6 Å². The van der Waals surface area contributed by atoms with Gasteiger partial charge in [-0.2, -0.15) is 16.8 Å². The lowest BCUT2D eigenvalue weighted by atomic mass is 10.2. The Kier molecular flexibility index (Phi) is 6.06. The number of aromatic carboxylic acids is 1. The van der Waals surface area contributed by atoms with E-state index < -0.39 is 36.0 Å². The minimum absolute atomic E-state index is 0.105. The van der Waals surface area contributed by atoms with Crippen LogP contribution < -0.4 is 0 Å². The summed E-state index contributed by atoms with van der Waals surface area (Å²) in [6, 6.07) is 2.57. The van der Waals surface area contributed by atoms with Crippen molar-refractivity contribution < 1.29 is 35.1 Å². The molecule has 124 valence electrons. The van der Waals surface area contributed by atoms with E-state index in [9.17, 15) is 21.6 Å². The monoisotopic (exact) mass is 352 g/mol. The van der Waals surface area contributed by atoms with Gasteiger partial charge in [0.1, 0.15) is 9.79 Å². The minimum atomic E-state index is -4.42. The molecule has 0 bridgehead atoms. The first-order valence-electron chi connectivity index (χ1n) is 6.23. The van der Waals surface area contributed by atoms with Crippen LogP contribution in [-0.2, 0) is 28.6 Å². The third-order valence-corrected chi connectivity index (χ3v) is 5.50. The van der Waals surface area contributed by atoms with Crippen molar-refractivity contribution in [2.45, 2.75) is 29.6 Å². The van der Waals surface area contributed by atoms with Crippen molar-refractivity contribution in [3.8, 4) is 0 Å². The summed E-state index contributed by atoms with van der Waals surface area (Å²) in [6.07, 6.45) is 1.16. The molecule has 22 heavy (non-hydrogen) atoms. The first-order valence-corrected chi connectivity index (χ1v) is 9.04. The quantitative estimate of drug-likeness (QED) is 0.547. The lowest BCUT2D eigenvalue weighted by Crippen LogP contribution is -2.15. The second-order valence-corrected chi connectivity index (χ2v) is 7.48. The molecule has 0 atom stereocenters. The van der Waals surface area contributed by atoms with Gasteiger partial charge in [0.05, 0.1) is 19.3 Å². The molecule has 0 saturated heterocycles. The zero-order valence-electron chi connectivity index (χ0n) is 12.0. The summed E-state index contributed by atoms with van der Waals surface area (Å²) >= 11 is 0. The molecule has 1 aromatic rings. The highest BCUT2D eigenvalue weighted by atomic mass is 32.2. The van der Waals surface area contributed by atoms with Gasteiger partial charge in [-0.3, -0.25) is 8.37 Å². The number of hydrogen-bond donors (Lipinski definition) is 1. The Balaban J connectivity index is 3.45. The molecular formula is C12H16O8S2. The zero-order valence-corrected chi connectivity index (χ0v) is 13.6. The number of carboxylic acids is 1. The SMILES string of the molecule is CCCCOS(=O)(=O)c1ccc(C(=O)O)cc1S(=O)(=O)OC. The summed E-state index contributed by atoms with van der Waals surface area (Å²) in [5, 5.41) is 8.90. The Labute approximate surface area is 128 Å². The summed E-state index contributed by atoms with van der Waals surface area (Å²) in [4.78, 5) is 9.50. The maximum atomic E-state index is 12.1. The number of carbonyl (C=O) groups is 1. The van der Waals surface area contributed by atoms with Gasteiger partial charge >= 0.3 is 5.97 Å². The van der Waals surface area contributed by atoms with E-state index in [1.807, 2.05) is 6.92 Å². The van der Waals surface area contributed by atoms with Crippen molar-refractivity contribution in [3.05, 3.63) is 23.8 Å². The number of benzene rings is 1. The Hall–Kier alpha value is -1.49. The van der Waals surface area contributed by atoms with E-state index >= 15 is 0 Å². The van der Waals surface area contributed by atoms with Crippen LogP contribution in [0.15, 0.2) is 28.0 Å². The van der Waals surface area contributed by atoms with E-state index in [0.29, 0.717) is 12.8 Å². The molecule has 0 aliphatic heterocycles. The fourth-order valence-corrected chi connectivity index (χ4v) is 3.89. The fraction of sp³-hybridized carbons (Fsp3) is 0.417. The molecule has 0 saturated carbocycles. The predicted molar refractivity (Wildman–Crippen MR) is 75.6 cm³/mol. The Bertz CT molecular complexity index is 749. The maximum Gasteiger partial charge on any atom is 0.335 e. The Morgan fingerprint density at radius 2 is 1.77 bits per heavy atom. The predicted octanol–water partition coefficient (Wildman–Crippen LogP) is 1.23. The van der Waals surface area contributed by atoms with Crippen LogP contribution in [0.25, 0.3) is 0 Å². The normalized spacial score (nSPS) is 12.3. The topological polar surface area (TPSA) is 124 Å². The van der Waals surface area contributed by atoms with Crippen LogP contribution in [0.1, 0.15) is 30.1 Å². The maximum absolute atomic E-state index is 12.1. The van der Waals surface area contributed by atoms with E-state index in [4.69, 9.17) is 9.29 Å². The molecular weight excluding hydrogens is 336 g/mol. The van der Waals surface area contributed by atoms with Crippen molar-refractivity contribution in [1.29, 1.82) is 0 Å². The molecule has 0 spiro atoms. The molecule has 0 unspecified atom stereocenters. The second-order valence-electron chi connectivity index (χ2n) is 4.22. The molecule has 1 N–H and O–H groups in total. The van der Waals surface area contributed by atoms with Gasteiger partial charge in [-0.25, -0.2) is 4.79 Å². The van der Waals surface area contributed by atoms with Crippen molar-refractivity contribution in [3.63, 3.8) is 0 Å². The molecule has 0 aromatic heterocycles. The van der Waals surface area contributed by atoms with Gasteiger partial charge in [0.25, 0.3) is 20.2 Å². The van der Waals surface area contributed by atoms with E-state index in [2.05, 4.69) is 4.18 Å². The minimum Gasteiger partial charge on any atom is -0.478 e. The Morgan fingerprint density at radius 1 is 1.14 bits per heavy atom. The smallest absolute Gasteiger partial charge is 0.335 e. The summed E-state index contributed by atoms with van der Waals surface area (Å²) < 4.78 is 56.9. The van der Waals surface area contributed by atoms with Crippen LogP contribution in [-0.4, -0.2) is 41.6 Å². The van der Waals surface area contributed by atoms with Gasteiger partial charge in [0.15, 0.2) is 0 Å². The standard InChI is InChI=1S/C12H16O8S2/c1-3-4-7-20-22(17,18)10-6-5-9(12(13)14)8-11(10)21(15,16)19-2/h5-6,8H,3-4,7H2,1-2H3,(H,13,14). The molecule has 1 aromatic carbocycles. The summed E-state index contributed by atoms with van der Waals surface area (Å²) in [5.41, 5.74) is -0.386. The highest BCUT2D eigenvalue weighted by Crippen LogP contribution is 2.25. The average Bonchev–Trinajstić information content (AvgIpc) is 2.46. The van der Waals surface area contributed by atoms with Crippen molar-refractivity contribution >= 4 is 26.2 Å². The van der Waals surface area contributed by atoms with E-state index in [1.54, 1.807) is 0 Å². The first kappa shape index (κ1) is 18.6. The molecule has 0 radical (unpaired) electrons. The van der Waals surface area contributed by atoms with Crippen LogP contribution in [0.3, 0.4) is 0 Å². The van der Waals surface area contributed by atoms with Crippen LogP contribution in [0.2, 0.25) is 0 Å². The lowest BCUT2D eigenvalue weighted by Gasteiger charge is -2.11. The number of hydrogen-bond acceptors (Lipinski definition) is 7. The molecule has 0 aliphatic rings. The molecule has 0 aliphatic carbocycles. The van der Waals surface area contributed by atoms with Crippen LogP contribution >= 0.6 is 0 Å². The molecule has 10 heteroatoms. The molecule has 0 amide bonds. The third kappa shape index (κ3) is 4.26. The zero-order chi connectivity index (χ0) is 17.0. The van der Waals surface area contributed by atoms with Crippen molar-refractivity contribution in [2.75, 3.05) is 13.7 Å². The summed E-state index contributed by atoms with van der Waals surface area (Å²) in [5.74, 6) is -1.40. The third-order valence-electron chi connectivity index (χ3n) is 2.69. The van der Waals surface area contributed by atoms with E-state index in [-0.39, 0.29) is 12.2 Å². The van der Waals surface area contributed by atoms with E-state index in [0.717, 1.165) is 25.3 Å². The lowest BCUT2D eigenvalue weighted by molar-refractivity contribution is 0.0696. The van der Waals surface area contributed by atoms with E-state index in [1.165, 1.54) is 0 Å². The molecule has 0 fully saturated rings. The summed E-state index contributed by atoms with van der Waals surface area (Å²) in [7, 11) is -7.93. The van der Waals surface area contributed by atoms with Gasteiger partial charge in [-0.1, -0.05) is 13.3 Å². The van der Waals surface area contributed by atoms with Gasteiger partial charge in [-0.15, -0.1) is 0 Å². The number of unbranched alkanes of at least 4 members (excludes halogenated alkanes) is 1. The number of rotatable bonds is 8. The molecule has 8 nitrogen and oxygen atoms in total. The van der Waals surface area contributed by atoms with Crippen molar-refractivity contribution in [2.24, 2.45) is 0 Å².